The molecule has 0 spiro atoms. The van der Waals surface area contributed by atoms with E-state index in [1.807, 2.05) is 7.05 Å². The summed E-state index contributed by atoms with van der Waals surface area (Å²) in [5.74, 6) is 0.232. The van der Waals surface area contributed by atoms with Crippen molar-refractivity contribution >= 4 is 10.0 Å². The molecule has 0 amide bonds. The highest BCUT2D eigenvalue weighted by atomic mass is 32.2. The summed E-state index contributed by atoms with van der Waals surface area (Å²) in [7, 11) is -1.22. The minimum atomic E-state index is -3.06. The molecule has 0 heterocycles. The lowest BCUT2D eigenvalue weighted by Gasteiger charge is -2.15. The van der Waals surface area contributed by atoms with E-state index in [1.165, 1.54) is 12.8 Å². The zero-order chi connectivity index (χ0) is 12.1. The Bertz CT molecular complexity index is 297. The summed E-state index contributed by atoms with van der Waals surface area (Å²) in [4.78, 5) is 0. The van der Waals surface area contributed by atoms with Gasteiger partial charge in [0.1, 0.15) is 0 Å². The molecule has 2 N–H and O–H groups in total. The average molecular weight is 248 g/mol. The van der Waals surface area contributed by atoms with Crippen molar-refractivity contribution in [3.8, 4) is 0 Å². The van der Waals surface area contributed by atoms with E-state index in [1.54, 1.807) is 0 Å². The average Bonchev–Trinajstić information content (AvgIpc) is 2.97. The molecule has 4 nitrogen and oxygen atoms in total. The minimum Gasteiger partial charge on any atom is -0.320 e. The zero-order valence-electron chi connectivity index (χ0n) is 10.4. The van der Waals surface area contributed by atoms with Gasteiger partial charge in [0.2, 0.25) is 10.0 Å². The van der Waals surface area contributed by atoms with Crippen LogP contribution in [-0.4, -0.2) is 34.3 Å². The van der Waals surface area contributed by atoms with Gasteiger partial charge in [-0.2, -0.15) is 0 Å². The van der Waals surface area contributed by atoms with Crippen LogP contribution in [0.15, 0.2) is 0 Å². The zero-order valence-corrected chi connectivity index (χ0v) is 11.2. The van der Waals surface area contributed by atoms with E-state index < -0.39 is 10.0 Å². The molecule has 1 aliphatic carbocycles. The second-order valence-corrected chi connectivity index (χ2v) is 6.77. The van der Waals surface area contributed by atoms with E-state index in [4.69, 9.17) is 0 Å². The lowest BCUT2D eigenvalue weighted by Crippen LogP contribution is -2.32. The van der Waals surface area contributed by atoms with E-state index in [9.17, 15) is 8.42 Å². The highest BCUT2D eigenvalue weighted by Gasteiger charge is 2.41. The van der Waals surface area contributed by atoms with Gasteiger partial charge in [0.15, 0.2) is 0 Å². The Morgan fingerprint density at radius 3 is 2.50 bits per heavy atom. The summed E-state index contributed by atoms with van der Waals surface area (Å²) in [6.45, 7) is 3.55. The van der Waals surface area contributed by atoms with Gasteiger partial charge in [-0.3, -0.25) is 0 Å². The first kappa shape index (κ1) is 13.9. The summed E-state index contributed by atoms with van der Waals surface area (Å²) < 4.78 is 26.0. The maximum absolute atomic E-state index is 11.6. The molecule has 0 radical (unpaired) electrons. The lowest BCUT2D eigenvalue weighted by atomic mass is 10.0. The van der Waals surface area contributed by atoms with E-state index in [2.05, 4.69) is 17.0 Å². The van der Waals surface area contributed by atoms with Crippen LogP contribution < -0.4 is 10.0 Å². The molecule has 0 aromatic rings. The maximum Gasteiger partial charge on any atom is 0.211 e. The van der Waals surface area contributed by atoms with Crippen molar-refractivity contribution < 1.29 is 8.42 Å². The number of rotatable bonds is 9. The van der Waals surface area contributed by atoms with Crippen LogP contribution in [0.1, 0.15) is 39.0 Å². The molecule has 0 aromatic heterocycles. The van der Waals surface area contributed by atoms with Crippen LogP contribution in [0.25, 0.3) is 0 Å². The second-order valence-electron chi connectivity index (χ2n) is 4.85. The third kappa shape index (κ3) is 4.80. The molecule has 5 heteroatoms. The van der Waals surface area contributed by atoms with Crippen LogP contribution in [0.5, 0.6) is 0 Å². The highest BCUT2D eigenvalue weighted by Crippen LogP contribution is 2.48. The van der Waals surface area contributed by atoms with Crippen molar-refractivity contribution in [1.29, 1.82) is 0 Å². The number of sulfonamides is 1. The Hall–Kier alpha value is -0.130. The van der Waals surface area contributed by atoms with Gasteiger partial charge < -0.3 is 5.32 Å². The van der Waals surface area contributed by atoms with Crippen molar-refractivity contribution in [3.05, 3.63) is 0 Å². The van der Waals surface area contributed by atoms with Gasteiger partial charge in [-0.15, -0.1) is 0 Å². The lowest BCUT2D eigenvalue weighted by molar-refractivity contribution is 0.449. The summed E-state index contributed by atoms with van der Waals surface area (Å²) in [6, 6.07) is 0. The molecule has 0 aliphatic heterocycles. The fourth-order valence-electron chi connectivity index (χ4n) is 2.00. The van der Waals surface area contributed by atoms with E-state index in [-0.39, 0.29) is 5.75 Å². The molecule has 0 unspecified atom stereocenters. The van der Waals surface area contributed by atoms with E-state index in [0.29, 0.717) is 18.4 Å². The molecular weight excluding hydrogens is 224 g/mol. The molecule has 16 heavy (non-hydrogen) atoms. The molecule has 1 fully saturated rings. The first-order valence-corrected chi connectivity index (χ1v) is 7.81. The van der Waals surface area contributed by atoms with Gasteiger partial charge in [-0.25, -0.2) is 13.1 Å². The topological polar surface area (TPSA) is 58.2 Å². The Kier molecular flexibility index (Phi) is 5.21. The molecule has 0 bridgehead atoms. The fraction of sp³-hybridized carbons (Fsp3) is 1.00. The molecule has 96 valence electrons. The predicted octanol–water partition coefficient (Wildman–Crippen LogP) is 1.10. The van der Waals surface area contributed by atoms with E-state index in [0.717, 1.165) is 19.4 Å². The van der Waals surface area contributed by atoms with Crippen LogP contribution in [0, 0.1) is 5.41 Å². The molecule has 1 saturated carbocycles. The van der Waals surface area contributed by atoms with Crippen LogP contribution in [-0.2, 0) is 10.0 Å². The third-order valence-electron chi connectivity index (χ3n) is 3.24. The Labute approximate surface area is 99.2 Å². The SMILES string of the molecule is CCCC1(CNS(=O)(=O)CCCNC)CC1. The normalized spacial score (nSPS) is 18.6. The Morgan fingerprint density at radius 1 is 1.31 bits per heavy atom. The fourth-order valence-corrected chi connectivity index (χ4v) is 3.19. The Balaban J connectivity index is 2.25. The Morgan fingerprint density at radius 2 is 2.00 bits per heavy atom. The molecule has 0 atom stereocenters. The van der Waals surface area contributed by atoms with Gasteiger partial charge in [0, 0.05) is 6.54 Å². The predicted molar refractivity (Wildman–Crippen MR) is 66.9 cm³/mol. The summed E-state index contributed by atoms with van der Waals surface area (Å²) >= 11 is 0. The van der Waals surface area contributed by atoms with Crippen LogP contribution in [0.2, 0.25) is 0 Å². The molecular formula is C11H24N2O2S. The minimum absolute atomic E-state index is 0.232. The van der Waals surface area contributed by atoms with Crippen LogP contribution >= 0.6 is 0 Å². The number of nitrogens with one attached hydrogen (secondary N) is 2. The van der Waals surface area contributed by atoms with Crippen LogP contribution in [0.3, 0.4) is 0 Å². The monoisotopic (exact) mass is 248 g/mol. The quantitative estimate of drug-likeness (QED) is 0.601. The number of hydrogen-bond donors (Lipinski definition) is 2. The van der Waals surface area contributed by atoms with Crippen LogP contribution in [0.4, 0.5) is 0 Å². The second kappa shape index (κ2) is 5.98. The number of hydrogen-bond acceptors (Lipinski definition) is 3. The summed E-state index contributed by atoms with van der Waals surface area (Å²) in [6.07, 6.45) is 5.32. The van der Waals surface area contributed by atoms with Gasteiger partial charge >= 0.3 is 0 Å². The van der Waals surface area contributed by atoms with Crippen molar-refractivity contribution in [2.75, 3.05) is 25.9 Å². The smallest absolute Gasteiger partial charge is 0.211 e. The van der Waals surface area contributed by atoms with Crippen molar-refractivity contribution in [3.63, 3.8) is 0 Å². The third-order valence-corrected chi connectivity index (χ3v) is 4.65. The summed E-state index contributed by atoms with van der Waals surface area (Å²) in [5, 5.41) is 2.95. The van der Waals surface area contributed by atoms with Crippen molar-refractivity contribution in [1.82, 2.24) is 10.0 Å². The van der Waals surface area contributed by atoms with Crippen molar-refractivity contribution in [2.45, 2.75) is 39.0 Å². The maximum atomic E-state index is 11.6. The molecule has 1 rings (SSSR count). The standard InChI is InChI=1S/C11H24N2O2S/c1-3-5-11(6-7-11)10-13-16(14,15)9-4-8-12-2/h12-13H,3-10H2,1-2H3. The van der Waals surface area contributed by atoms with Crippen molar-refractivity contribution in [2.24, 2.45) is 5.41 Å². The van der Waals surface area contributed by atoms with E-state index >= 15 is 0 Å². The molecule has 0 saturated heterocycles. The van der Waals surface area contributed by atoms with Gasteiger partial charge in [-0.05, 0) is 44.7 Å². The first-order valence-electron chi connectivity index (χ1n) is 6.15. The van der Waals surface area contributed by atoms with Gasteiger partial charge in [-0.1, -0.05) is 13.3 Å². The highest BCUT2D eigenvalue weighted by molar-refractivity contribution is 7.89. The van der Waals surface area contributed by atoms with Gasteiger partial charge in [0.25, 0.3) is 0 Å². The summed E-state index contributed by atoms with van der Waals surface area (Å²) in [5.41, 5.74) is 0.296. The molecule has 1 aliphatic rings. The molecule has 0 aromatic carbocycles. The first-order chi connectivity index (χ1) is 7.54. The largest absolute Gasteiger partial charge is 0.320 e. The van der Waals surface area contributed by atoms with Gasteiger partial charge in [0.05, 0.1) is 5.75 Å².